The molecule has 1 atom stereocenters. The van der Waals surface area contributed by atoms with Crippen LogP contribution in [0.2, 0.25) is 0 Å². The molecular formula is C9H17NO5. The zero-order valence-electron chi connectivity index (χ0n) is 9.11. The quantitative estimate of drug-likeness (QED) is 0.552. The first-order valence-electron chi connectivity index (χ1n) is 4.54. The summed E-state index contributed by atoms with van der Waals surface area (Å²) in [6.07, 6.45) is -0.707. The van der Waals surface area contributed by atoms with Gasteiger partial charge in [-0.3, -0.25) is 4.79 Å². The van der Waals surface area contributed by atoms with E-state index in [-0.39, 0.29) is 6.61 Å². The molecule has 0 radical (unpaired) electrons. The molecule has 0 fully saturated rings. The van der Waals surface area contributed by atoms with Crippen molar-refractivity contribution in [3.8, 4) is 0 Å². The Kier molecular flexibility index (Phi) is 5.24. The summed E-state index contributed by atoms with van der Waals surface area (Å²) < 4.78 is 4.59. The molecule has 0 saturated carbocycles. The number of rotatable bonds is 6. The number of carbonyl (C=O) groups is 2. The van der Waals surface area contributed by atoms with E-state index in [1.54, 1.807) is 20.8 Å². The maximum absolute atomic E-state index is 11.2. The van der Waals surface area contributed by atoms with Crippen molar-refractivity contribution in [3.63, 3.8) is 0 Å². The number of amides is 1. The van der Waals surface area contributed by atoms with Crippen LogP contribution in [0.1, 0.15) is 20.8 Å². The van der Waals surface area contributed by atoms with Gasteiger partial charge < -0.3 is 20.3 Å². The van der Waals surface area contributed by atoms with Crippen LogP contribution in [0.25, 0.3) is 0 Å². The van der Waals surface area contributed by atoms with Gasteiger partial charge in [-0.15, -0.1) is 0 Å². The Morgan fingerprint density at radius 2 is 1.93 bits per heavy atom. The largest absolute Gasteiger partial charge is 0.480 e. The van der Waals surface area contributed by atoms with E-state index in [2.05, 4.69) is 10.1 Å². The van der Waals surface area contributed by atoms with Crippen molar-refractivity contribution in [2.45, 2.75) is 32.4 Å². The van der Waals surface area contributed by atoms with Crippen molar-refractivity contribution >= 4 is 11.9 Å². The van der Waals surface area contributed by atoms with Crippen molar-refractivity contribution in [2.75, 3.05) is 13.2 Å². The average molecular weight is 219 g/mol. The number of aliphatic hydroxyl groups excluding tert-OH is 1. The number of ether oxygens (including phenoxy) is 1. The smallest absolute Gasteiger partial charge is 0.329 e. The third-order valence-electron chi connectivity index (χ3n) is 1.96. The van der Waals surface area contributed by atoms with Crippen LogP contribution in [0.5, 0.6) is 0 Å². The Morgan fingerprint density at radius 1 is 1.40 bits per heavy atom. The number of carboxylic acids is 1. The van der Waals surface area contributed by atoms with Crippen LogP contribution < -0.4 is 5.32 Å². The summed E-state index contributed by atoms with van der Waals surface area (Å²) in [6, 6.07) is 0. The van der Waals surface area contributed by atoms with Crippen LogP contribution in [-0.2, 0) is 14.3 Å². The van der Waals surface area contributed by atoms with Crippen molar-refractivity contribution in [3.05, 3.63) is 0 Å². The number of aliphatic hydroxyl groups is 1. The third-order valence-corrected chi connectivity index (χ3v) is 1.96. The maximum Gasteiger partial charge on any atom is 0.329 e. The molecular weight excluding hydrogens is 202 g/mol. The van der Waals surface area contributed by atoms with Gasteiger partial charge in [-0.05, 0) is 20.8 Å². The van der Waals surface area contributed by atoms with Crippen LogP contribution in [0.15, 0.2) is 0 Å². The zero-order chi connectivity index (χ0) is 12.1. The van der Waals surface area contributed by atoms with Crippen LogP contribution in [0.4, 0.5) is 0 Å². The second-order valence-corrected chi connectivity index (χ2v) is 3.83. The molecule has 0 spiro atoms. The maximum atomic E-state index is 11.2. The van der Waals surface area contributed by atoms with Gasteiger partial charge in [0.05, 0.1) is 11.6 Å². The minimum atomic E-state index is -1.13. The summed E-state index contributed by atoms with van der Waals surface area (Å²) >= 11 is 0. The molecule has 88 valence electrons. The summed E-state index contributed by atoms with van der Waals surface area (Å²) in [6.45, 7) is 4.03. The summed E-state index contributed by atoms with van der Waals surface area (Å²) in [5.74, 6) is -1.58. The van der Waals surface area contributed by atoms with Crippen molar-refractivity contribution in [1.29, 1.82) is 0 Å². The van der Waals surface area contributed by atoms with Crippen LogP contribution in [-0.4, -0.2) is 46.9 Å². The number of nitrogens with one attached hydrogen (secondary N) is 1. The van der Waals surface area contributed by atoms with E-state index in [0.29, 0.717) is 0 Å². The fraction of sp³-hybridized carbons (Fsp3) is 0.778. The lowest BCUT2D eigenvalue weighted by Crippen LogP contribution is -2.52. The lowest BCUT2D eigenvalue weighted by atomic mass is 9.99. The van der Waals surface area contributed by atoms with Gasteiger partial charge in [-0.2, -0.15) is 0 Å². The predicted molar refractivity (Wildman–Crippen MR) is 52.4 cm³/mol. The molecule has 15 heavy (non-hydrogen) atoms. The van der Waals surface area contributed by atoms with Crippen molar-refractivity contribution in [2.24, 2.45) is 0 Å². The van der Waals surface area contributed by atoms with Gasteiger partial charge in [0.1, 0.15) is 13.2 Å². The molecule has 1 unspecified atom stereocenters. The minimum absolute atomic E-state index is 0.331. The number of carbonyl (C=O) groups excluding carboxylic acids is 1. The summed E-state index contributed by atoms with van der Waals surface area (Å²) in [5, 5.41) is 20.1. The molecule has 0 aliphatic carbocycles. The van der Waals surface area contributed by atoms with E-state index in [0.717, 1.165) is 0 Å². The summed E-state index contributed by atoms with van der Waals surface area (Å²) in [5.41, 5.74) is -0.760. The first-order chi connectivity index (χ1) is 6.75. The number of aliphatic carboxylic acids is 1. The molecule has 6 heteroatoms. The normalized spacial score (nSPS) is 13.3. The van der Waals surface area contributed by atoms with E-state index >= 15 is 0 Å². The predicted octanol–water partition coefficient (Wildman–Crippen LogP) is -0.637. The van der Waals surface area contributed by atoms with E-state index in [1.165, 1.54) is 0 Å². The summed E-state index contributed by atoms with van der Waals surface area (Å²) in [4.78, 5) is 21.3. The van der Waals surface area contributed by atoms with Gasteiger partial charge in [0.25, 0.3) is 0 Å². The molecule has 0 aromatic heterocycles. The van der Waals surface area contributed by atoms with Crippen LogP contribution in [0.3, 0.4) is 0 Å². The molecule has 0 rings (SSSR count). The Bertz CT molecular complexity index is 237. The molecule has 0 aliphatic rings. The van der Waals surface area contributed by atoms with Crippen LogP contribution >= 0.6 is 0 Å². The van der Waals surface area contributed by atoms with Crippen molar-refractivity contribution < 1.29 is 24.5 Å². The highest BCUT2D eigenvalue weighted by Gasteiger charge is 2.25. The molecule has 0 aromatic carbocycles. The van der Waals surface area contributed by atoms with Crippen LogP contribution in [0, 0.1) is 0 Å². The molecule has 0 heterocycles. The highest BCUT2D eigenvalue weighted by molar-refractivity contribution is 5.78. The standard InChI is InChI=1S/C9H17NO5/c1-6(11)9(2,3)10-7(12)4-15-5-8(13)14/h6,11H,4-5H2,1-3H3,(H,10,12)(H,13,14). The average Bonchev–Trinajstić information content (AvgIpc) is 2.01. The second kappa shape index (κ2) is 5.67. The van der Waals surface area contributed by atoms with E-state index < -0.39 is 30.1 Å². The zero-order valence-corrected chi connectivity index (χ0v) is 9.11. The topological polar surface area (TPSA) is 95.9 Å². The molecule has 0 aromatic rings. The minimum Gasteiger partial charge on any atom is -0.480 e. The van der Waals surface area contributed by atoms with E-state index in [9.17, 15) is 14.7 Å². The molecule has 0 aliphatic heterocycles. The Labute approximate surface area is 88.2 Å². The SMILES string of the molecule is CC(O)C(C)(C)NC(=O)COCC(=O)O. The van der Waals surface area contributed by atoms with Gasteiger partial charge in [-0.1, -0.05) is 0 Å². The Hall–Kier alpha value is -1.14. The first kappa shape index (κ1) is 13.9. The molecule has 3 N–H and O–H groups in total. The fourth-order valence-corrected chi connectivity index (χ4v) is 0.731. The fourth-order valence-electron chi connectivity index (χ4n) is 0.731. The van der Waals surface area contributed by atoms with Crippen molar-refractivity contribution in [1.82, 2.24) is 5.32 Å². The van der Waals surface area contributed by atoms with Gasteiger partial charge in [0, 0.05) is 0 Å². The highest BCUT2D eigenvalue weighted by Crippen LogP contribution is 2.07. The summed E-state index contributed by atoms with van der Waals surface area (Å²) in [7, 11) is 0. The van der Waals surface area contributed by atoms with Gasteiger partial charge in [-0.25, -0.2) is 4.79 Å². The monoisotopic (exact) mass is 219 g/mol. The number of carboxylic acid groups (broad SMARTS) is 1. The lowest BCUT2D eigenvalue weighted by molar-refractivity contribution is -0.144. The van der Waals surface area contributed by atoms with Gasteiger partial charge in [0.15, 0.2) is 0 Å². The second-order valence-electron chi connectivity index (χ2n) is 3.83. The van der Waals surface area contributed by atoms with Gasteiger partial charge in [0.2, 0.25) is 5.91 Å². The van der Waals surface area contributed by atoms with E-state index in [1.807, 2.05) is 0 Å². The first-order valence-corrected chi connectivity index (χ1v) is 4.54. The Morgan fingerprint density at radius 3 is 2.33 bits per heavy atom. The molecule has 1 amide bonds. The molecule has 0 bridgehead atoms. The van der Waals surface area contributed by atoms with Gasteiger partial charge >= 0.3 is 5.97 Å². The number of hydrogen-bond acceptors (Lipinski definition) is 4. The molecule has 0 saturated heterocycles. The number of hydrogen-bond donors (Lipinski definition) is 3. The molecule has 6 nitrogen and oxygen atoms in total. The lowest BCUT2D eigenvalue weighted by Gasteiger charge is -2.29. The highest BCUT2D eigenvalue weighted by atomic mass is 16.5. The van der Waals surface area contributed by atoms with E-state index in [4.69, 9.17) is 5.11 Å². The third kappa shape index (κ3) is 6.03. The Balaban J connectivity index is 3.88.